The maximum absolute atomic E-state index is 14.3. The van der Waals surface area contributed by atoms with E-state index in [0.717, 1.165) is 16.2 Å². The molecule has 3 rings (SSSR count). The van der Waals surface area contributed by atoms with Crippen molar-refractivity contribution in [2.45, 2.75) is 6.42 Å². The Morgan fingerprint density at radius 1 is 0.895 bits per heavy atom. The van der Waals surface area contributed by atoms with Gasteiger partial charge in [0.05, 0.1) is 0 Å². The predicted molar refractivity (Wildman–Crippen MR) is 73.9 cm³/mol. The summed E-state index contributed by atoms with van der Waals surface area (Å²) >= 11 is 0. The number of phenols is 1. The van der Waals surface area contributed by atoms with E-state index in [9.17, 15) is 9.50 Å². The van der Waals surface area contributed by atoms with E-state index in [2.05, 4.69) is 0 Å². The molecule has 0 aliphatic carbocycles. The van der Waals surface area contributed by atoms with Crippen molar-refractivity contribution in [2.24, 2.45) is 0 Å². The quantitative estimate of drug-likeness (QED) is 0.690. The molecule has 0 aromatic heterocycles. The van der Waals surface area contributed by atoms with Crippen LogP contribution in [-0.4, -0.2) is 16.8 Å². The molecule has 0 saturated carbocycles. The molecule has 0 bridgehead atoms. The summed E-state index contributed by atoms with van der Waals surface area (Å²) in [5.41, 5.74) is 0.521. The molecule has 3 aromatic rings. The third-order valence-corrected chi connectivity index (χ3v) is 3.40. The third-order valence-electron chi connectivity index (χ3n) is 3.40. The summed E-state index contributed by atoms with van der Waals surface area (Å²) in [4.78, 5) is 0. The van der Waals surface area contributed by atoms with Gasteiger partial charge in [-0.15, -0.1) is 0 Å². The molecule has 0 spiro atoms. The van der Waals surface area contributed by atoms with Crippen LogP contribution in [0.3, 0.4) is 0 Å². The van der Waals surface area contributed by atoms with E-state index in [0.29, 0.717) is 17.4 Å². The van der Waals surface area contributed by atoms with Crippen molar-refractivity contribution in [3.05, 3.63) is 53.8 Å². The number of rotatable bonds is 2. The normalized spacial score (nSPS) is 11.3. The molecule has 19 heavy (non-hydrogen) atoms. The highest BCUT2D eigenvalue weighted by molar-refractivity contribution is 6.08. The van der Waals surface area contributed by atoms with Crippen molar-refractivity contribution in [1.29, 1.82) is 0 Å². The standard InChI is InChI=1S/C16H13FO2/c17-16-10(7-8-18)1-4-14-13-6-3-12(19)9-11(13)2-5-15(14)16/h1-6,9,18-19H,7-8H2. The maximum atomic E-state index is 14.3. The lowest BCUT2D eigenvalue weighted by Crippen LogP contribution is -1.95. The van der Waals surface area contributed by atoms with Gasteiger partial charge in [-0.25, -0.2) is 4.39 Å². The average molecular weight is 256 g/mol. The van der Waals surface area contributed by atoms with Crippen LogP contribution in [0.15, 0.2) is 42.5 Å². The molecule has 2 nitrogen and oxygen atoms in total. The van der Waals surface area contributed by atoms with E-state index in [-0.39, 0.29) is 18.2 Å². The lowest BCUT2D eigenvalue weighted by molar-refractivity contribution is 0.298. The molecule has 2 N–H and O–H groups in total. The number of aromatic hydroxyl groups is 1. The Hall–Kier alpha value is -2.13. The Morgan fingerprint density at radius 3 is 2.42 bits per heavy atom. The molecule has 0 unspecified atom stereocenters. The van der Waals surface area contributed by atoms with Crippen LogP contribution in [-0.2, 0) is 6.42 Å². The van der Waals surface area contributed by atoms with Crippen molar-refractivity contribution in [2.75, 3.05) is 6.61 Å². The van der Waals surface area contributed by atoms with E-state index >= 15 is 0 Å². The zero-order valence-electron chi connectivity index (χ0n) is 10.2. The minimum absolute atomic E-state index is 0.0656. The lowest BCUT2D eigenvalue weighted by Gasteiger charge is -2.08. The minimum Gasteiger partial charge on any atom is -0.508 e. The summed E-state index contributed by atoms with van der Waals surface area (Å²) in [6.07, 6.45) is 0.315. The van der Waals surface area contributed by atoms with Gasteiger partial charge in [-0.3, -0.25) is 0 Å². The predicted octanol–water partition coefficient (Wildman–Crippen LogP) is 3.37. The molecule has 0 amide bonds. The van der Waals surface area contributed by atoms with Crippen LogP contribution in [0.4, 0.5) is 4.39 Å². The van der Waals surface area contributed by atoms with Crippen LogP contribution in [0, 0.1) is 5.82 Å². The van der Waals surface area contributed by atoms with Gasteiger partial charge in [-0.05, 0) is 40.3 Å². The van der Waals surface area contributed by atoms with E-state index in [4.69, 9.17) is 5.11 Å². The molecule has 0 aliphatic heterocycles. The Balaban J connectivity index is 2.35. The largest absolute Gasteiger partial charge is 0.508 e. The highest BCUT2D eigenvalue weighted by Crippen LogP contribution is 2.30. The number of aliphatic hydroxyl groups excluding tert-OH is 1. The van der Waals surface area contributed by atoms with Crippen molar-refractivity contribution in [3.8, 4) is 5.75 Å². The van der Waals surface area contributed by atoms with E-state index < -0.39 is 0 Å². The molecule has 0 fully saturated rings. The van der Waals surface area contributed by atoms with Gasteiger partial charge < -0.3 is 10.2 Å². The SMILES string of the molecule is OCCc1ccc2c(ccc3cc(O)ccc32)c1F. The van der Waals surface area contributed by atoms with Gasteiger partial charge in [0.25, 0.3) is 0 Å². The summed E-state index contributed by atoms with van der Waals surface area (Å²) < 4.78 is 14.3. The fourth-order valence-corrected chi connectivity index (χ4v) is 2.46. The number of hydrogen-bond donors (Lipinski definition) is 2. The highest BCUT2D eigenvalue weighted by atomic mass is 19.1. The second-order valence-electron chi connectivity index (χ2n) is 4.58. The number of phenolic OH excluding ortho intramolecular Hbond substituents is 1. The van der Waals surface area contributed by atoms with Crippen LogP contribution < -0.4 is 0 Å². The molecule has 3 heteroatoms. The maximum Gasteiger partial charge on any atom is 0.134 e. The number of benzene rings is 3. The van der Waals surface area contributed by atoms with Crippen LogP contribution >= 0.6 is 0 Å². The second-order valence-corrected chi connectivity index (χ2v) is 4.58. The van der Waals surface area contributed by atoms with E-state index in [1.807, 2.05) is 6.07 Å². The number of fused-ring (bicyclic) bond motifs is 3. The summed E-state index contributed by atoms with van der Waals surface area (Å²) in [7, 11) is 0. The van der Waals surface area contributed by atoms with Crippen LogP contribution in [0.2, 0.25) is 0 Å². The first-order valence-electron chi connectivity index (χ1n) is 6.14. The van der Waals surface area contributed by atoms with Crippen LogP contribution in [0.25, 0.3) is 21.5 Å². The van der Waals surface area contributed by atoms with Gasteiger partial charge in [-0.2, -0.15) is 0 Å². The zero-order valence-corrected chi connectivity index (χ0v) is 10.2. The fraction of sp³-hybridized carbons (Fsp3) is 0.125. The second kappa shape index (κ2) is 4.52. The Kier molecular flexibility index (Phi) is 2.84. The van der Waals surface area contributed by atoms with E-state index in [1.165, 1.54) is 0 Å². The topological polar surface area (TPSA) is 40.5 Å². The average Bonchev–Trinajstić information content (AvgIpc) is 2.41. The van der Waals surface area contributed by atoms with Gasteiger partial charge in [0.1, 0.15) is 11.6 Å². The smallest absolute Gasteiger partial charge is 0.134 e. The highest BCUT2D eigenvalue weighted by Gasteiger charge is 2.09. The van der Waals surface area contributed by atoms with Crippen LogP contribution in [0.5, 0.6) is 5.75 Å². The first-order valence-corrected chi connectivity index (χ1v) is 6.14. The Labute approximate surface area is 109 Å². The van der Waals surface area contributed by atoms with Gasteiger partial charge >= 0.3 is 0 Å². The van der Waals surface area contributed by atoms with Gasteiger partial charge in [-0.1, -0.05) is 30.3 Å². The molecule has 3 aromatic carbocycles. The number of halogens is 1. The molecular weight excluding hydrogens is 243 g/mol. The van der Waals surface area contributed by atoms with Crippen molar-refractivity contribution in [3.63, 3.8) is 0 Å². The first kappa shape index (κ1) is 11.9. The number of aliphatic hydroxyl groups is 1. The molecule has 0 aliphatic rings. The fourth-order valence-electron chi connectivity index (χ4n) is 2.46. The molecule has 0 saturated heterocycles. The minimum atomic E-state index is -0.276. The monoisotopic (exact) mass is 256 g/mol. The van der Waals surface area contributed by atoms with Crippen molar-refractivity contribution >= 4 is 21.5 Å². The van der Waals surface area contributed by atoms with Crippen molar-refractivity contribution in [1.82, 2.24) is 0 Å². The molecule has 0 heterocycles. The molecule has 0 radical (unpaired) electrons. The summed E-state index contributed by atoms with van der Waals surface area (Å²) in [5.74, 6) is -0.0780. The van der Waals surface area contributed by atoms with Crippen molar-refractivity contribution < 1.29 is 14.6 Å². The number of hydrogen-bond acceptors (Lipinski definition) is 2. The zero-order chi connectivity index (χ0) is 13.4. The van der Waals surface area contributed by atoms with Gasteiger partial charge in [0, 0.05) is 12.0 Å². The Morgan fingerprint density at radius 2 is 1.63 bits per heavy atom. The van der Waals surface area contributed by atoms with Crippen LogP contribution in [0.1, 0.15) is 5.56 Å². The van der Waals surface area contributed by atoms with E-state index in [1.54, 1.807) is 36.4 Å². The summed E-state index contributed by atoms with van der Waals surface area (Å²) in [6.45, 7) is -0.0656. The first-order chi connectivity index (χ1) is 9.20. The van der Waals surface area contributed by atoms with Gasteiger partial charge in [0.15, 0.2) is 0 Å². The summed E-state index contributed by atoms with van der Waals surface area (Å²) in [6, 6.07) is 12.1. The summed E-state index contributed by atoms with van der Waals surface area (Å²) in [5, 5.41) is 21.5. The molecule has 0 atom stereocenters. The molecule has 96 valence electrons. The third kappa shape index (κ3) is 1.92. The lowest BCUT2D eigenvalue weighted by atomic mass is 9.98. The molecular formula is C16H13FO2. The van der Waals surface area contributed by atoms with Gasteiger partial charge in [0.2, 0.25) is 0 Å². The Bertz CT molecular complexity index is 765.